The molecule has 0 fully saturated rings. The number of nitrogens with zero attached hydrogens (tertiary/aromatic N) is 2. The summed E-state index contributed by atoms with van der Waals surface area (Å²) in [5.41, 5.74) is 8.36. The predicted molar refractivity (Wildman–Crippen MR) is 89.9 cm³/mol. The van der Waals surface area contributed by atoms with Crippen LogP contribution in [-0.2, 0) is 0 Å². The topological polar surface area (TPSA) is 63.8 Å². The molecule has 0 atom stereocenters. The van der Waals surface area contributed by atoms with Crippen LogP contribution in [0.5, 0.6) is 0 Å². The molecule has 21 heavy (non-hydrogen) atoms. The van der Waals surface area contributed by atoms with Crippen molar-refractivity contribution in [1.82, 2.24) is 9.97 Å². The summed E-state index contributed by atoms with van der Waals surface area (Å²) in [5.74, 6) is 0.673. The molecule has 5 heteroatoms. The third kappa shape index (κ3) is 2.68. The van der Waals surface area contributed by atoms with E-state index in [9.17, 15) is 0 Å². The number of benzene rings is 1. The lowest BCUT2D eigenvalue weighted by atomic mass is 10.1. The minimum Gasteiger partial charge on any atom is -0.389 e. The first kappa shape index (κ1) is 13.5. The first-order chi connectivity index (χ1) is 10.1. The van der Waals surface area contributed by atoms with E-state index in [4.69, 9.17) is 18.0 Å². The summed E-state index contributed by atoms with van der Waals surface area (Å²) in [6.07, 6.45) is 3.60. The van der Waals surface area contributed by atoms with Crippen molar-refractivity contribution in [3.63, 3.8) is 0 Å². The van der Waals surface area contributed by atoms with Gasteiger partial charge in [0.2, 0.25) is 0 Å². The van der Waals surface area contributed by atoms with Gasteiger partial charge in [-0.3, -0.25) is 4.98 Å². The van der Waals surface area contributed by atoms with Gasteiger partial charge < -0.3 is 11.1 Å². The van der Waals surface area contributed by atoms with Crippen molar-refractivity contribution < 1.29 is 0 Å². The van der Waals surface area contributed by atoms with Crippen LogP contribution in [0.25, 0.3) is 10.8 Å². The maximum Gasteiger partial charge on any atom is 0.140 e. The average Bonchev–Trinajstić information content (AvgIpc) is 2.47. The Bertz CT molecular complexity index is 824. The quantitative estimate of drug-likeness (QED) is 0.726. The number of fused-ring (bicyclic) bond motifs is 1. The van der Waals surface area contributed by atoms with Crippen LogP contribution >= 0.6 is 12.2 Å². The normalized spacial score (nSPS) is 10.5. The molecule has 0 saturated carbocycles. The van der Waals surface area contributed by atoms with Crippen molar-refractivity contribution in [3.8, 4) is 0 Å². The van der Waals surface area contributed by atoms with Gasteiger partial charge in [0.15, 0.2) is 0 Å². The first-order valence-corrected chi connectivity index (χ1v) is 6.93. The number of thiocarbonyl (C=S) groups is 1. The number of nitrogens with two attached hydrogens (primary N) is 1. The Labute approximate surface area is 128 Å². The second kappa shape index (κ2) is 5.46. The van der Waals surface area contributed by atoms with Gasteiger partial charge in [0.1, 0.15) is 10.8 Å². The van der Waals surface area contributed by atoms with Crippen molar-refractivity contribution in [2.45, 2.75) is 6.92 Å². The third-order valence-electron chi connectivity index (χ3n) is 3.23. The minimum absolute atomic E-state index is 0.326. The van der Waals surface area contributed by atoms with Crippen LogP contribution < -0.4 is 11.1 Å². The van der Waals surface area contributed by atoms with Gasteiger partial charge in [-0.15, -0.1) is 0 Å². The highest BCUT2D eigenvalue weighted by molar-refractivity contribution is 7.80. The molecule has 0 aliphatic heterocycles. The summed E-state index contributed by atoms with van der Waals surface area (Å²) in [7, 11) is 0. The third-order valence-corrected chi connectivity index (χ3v) is 3.45. The fraction of sp³-hybridized carbons (Fsp3) is 0.0625. The summed E-state index contributed by atoms with van der Waals surface area (Å²) in [6, 6.07) is 11.7. The Balaban J connectivity index is 2.11. The molecule has 0 bridgehead atoms. The SMILES string of the molecule is Cc1ccc(C(N)=S)c(Nc2cccc3cnccc23)n1. The molecular formula is C16H14N4S. The van der Waals surface area contributed by atoms with Gasteiger partial charge in [0.25, 0.3) is 0 Å². The van der Waals surface area contributed by atoms with Crippen LogP contribution in [0.15, 0.2) is 48.8 Å². The molecule has 104 valence electrons. The van der Waals surface area contributed by atoms with Crippen LogP contribution in [0.3, 0.4) is 0 Å². The fourth-order valence-electron chi connectivity index (χ4n) is 2.21. The Kier molecular flexibility index (Phi) is 3.50. The fourth-order valence-corrected chi connectivity index (χ4v) is 2.37. The second-order valence-electron chi connectivity index (χ2n) is 4.74. The van der Waals surface area contributed by atoms with Gasteiger partial charge >= 0.3 is 0 Å². The van der Waals surface area contributed by atoms with E-state index in [0.29, 0.717) is 10.8 Å². The smallest absolute Gasteiger partial charge is 0.140 e. The van der Waals surface area contributed by atoms with E-state index in [-0.39, 0.29) is 0 Å². The highest BCUT2D eigenvalue weighted by Gasteiger charge is 2.09. The van der Waals surface area contributed by atoms with E-state index in [0.717, 1.165) is 27.7 Å². The Morgan fingerprint density at radius 3 is 2.86 bits per heavy atom. The van der Waals surface area contributed by atoms with E-state index in [1.807, 2.05) is 49.5 Å². The van der Waals surface area contributed by atoms with Crippen molar-refractivity contribution in [1.29, 1.82) is 0 Å². The Morgan fingerprint density at radius 2 is 2.05 bits per heavy atom. The minimum atomic E-state index is 0.326. The molecule has 0 radical (unpaired) electrons. The standard InChI is InChI=1S/C16H14N4S/c1-10-5-6-13(15(17)21)16(19-10)20-14-4-2-3-11-9-18-8-7-12(11)14/h2-9H,1H3,(H2,17,21)(H,19,20). The van der Waals surface area contributed by atoms with Gasteiger partial charge in [0.05, 0.1) is 5.56 Å². The molecule has 2 aromatic heterocycles. The molecule has 3 N–H and O–H groups in total. The number of hydrogen-bond donors (Lipinski definition) is 2. The largest absolute Gasteiger partial charge is 0.389 e. The van der Waals surface area contributed by atoms with Crippen LogP contribution in [0, 0.1) is 6.92 Å². The first-order valence-electron chi connectivity index (χ1n) is 6.52. The molecule has 3 rings (SSSR count). The molecule has 0 aliphatic carbocycles. The molecule has 0 saturated heterocycles. The number of hydrogen-bond acceptors (Lipinski definition) is 4. The van der Waals surface area contributed by atoms with Gasteiger partial charge in [-0.2, -0.15) is 0 Å². The highest BCUT2D eigenvalue weighted by Crippen LogP contribution is 2.26. The molecule has 2 heterocycles. The zero-order valence-electron chi connectivity index (χ0n) is 11.5. The number of rotatable bonds is 3. The van der Waals surface area contributed by atoms with E-state index in [2.05, 4.69) is 15.3 Å². The predicted octanol–water partition coefficient (Wildman–Crippen LogP) is 3.32. The number of pyridine rings is 2. The van der Waals surface area contributed by atoms with Gasteiger partial charge in [-0.1, -0.05) is 24.4 Å². The van der Waals surface area contributed by atoms with E-state index in [1.165, 1.54) is 0 Å². The molecular weight excluding hydrogens is 280 g/mol. The van der Waals surface area contributed by atoms with Gasteiger partial charge in [-0.05, 0) is 31.2 Å². The average molecular weight is 294 g/mol. The van der Waals surface area contributed by atoms with Crippen molar-refractivity contribution >= 4 is 39.5 Å². The van der Waals surface area contributed by atoms with Crippen LogP contribution in [0.2, 0.25) is 0 Å². The maximum atomic E-state index is 5.77. The zero-order valence-corrected chi connectivity index (χ0v) is 12.3. The molecule has 3 aromatic rings. The Morgan fingerprint density at radius 1 is 1.19 bits per heavy atom. The number of nitrogens with one attached hydrogen (secondary N) is 1. The van der Waals surface area contributed by atoms with Crippen molar-refractivity contribution in [2.75, 3.05) is 5.32 Å². The second-order valence-corrected chi connectivity index (χ2v) is 5.18. The number of aryl methyl sites for hydroxylation is 1. The molecule has 0 unspecified atom stereocenters. The lowest BCUT2D eigenvalue weighted by Crippen LogP contribution is -2.13. The number of aromatic nitrogens is 2. The monoisotopic (exact) mass is 294 g/mol. The lowest BCUT2D eigenvalue weighted by Gasteiger charge is -2.13. The van der Waals surface area contributed by atoms with Crippen LogP contribution in [0.1, 0.15) is 11.3 Å². The zero-order chi connectivity index (χ0) is 14.8. The Hall–Kier alpha value is -2.53. The van der Waals surface area contributed by atoms with Gasteiger partial charge in [-0.25, -0.2) is 4.98 Å². The summed E-state index contributed by atoms with van der Waals surface area (Å²) in [5, 5.41) is 5.47. The van der Waals surface area contributed by atoms with E-state index in [1.54, 1.807) is 6.20 Å². The molecule has 0 aliphatic rings. The summed E-state index contributed by atoms with van der Waals surface area (Å²) < 4.78 is 0. The number of anilines is 2. The highest BCUT2D eigenvalue weighted by atomic mass is 32.1. The summed E-state index contributed by atoms with van der Waals surface area (Å²) >= 11 is 5.09. The molecule has 4 nitrogen and oxygen atoms in total. The molecule has 0 spiro atoms. The van der Waals surface area contributed by atoms with Crippen molar-refractivity contribution in [3.05, 3.63) is 60.0 Å². The van der Waals surface area contributed by atoms with Crippen LogP contribution in [-0.4, -0.2) is 15.0 Å². The van der Waals surface area contributed by atoms with Crippen LogP contribution in [0.4, 0.5) is 11.5 Å². The van der Waals surface area contributed by atoms with E-state index >= 15 is 0 Å². The molecule has 0 amide bonds. The lowest BCUT2D eigenvalue weighted by molar-refractivity contribution is 1.19. The van der Waals surface area contributed by atoms with Gasteiger partial charge in [0, 0.05) is 34.5 Å². The molecule has 1 aromatic carbocycles. The van der Waals surface area contributed by atoms with Crippen molar-refractivity contribution in [2.24, 2.45) is 5.73 Å². The maximum absolute atomic E-state index is 5.77. The summed E-state index contributed by atoms with van der Waals surface area (Å²) in [6.45, 7) is 1.93. The summed E-state index contributed by atoms with van der Waals surface area (Å²) in [4.78, 5) is 8.96. The van der Waals surface area contributed by atoms with E-state index < -0.39 is 0 Å².